The maximum atomic E-state index is 11.3. The van der Waals surface area contributed by atoms with E-state index in [1.807, 2.05) is 13.0 Å². The van der Waals surface area contributed by atoms with Crippen LogP contribution in [-0.4, -0.2) is 29.1 Å². The number of aromatic nitrogens is 1. The summed E-state index contributed by atoms with van der Waals surface area (Å²) in [6.07, 6.45) is 0. The number of aliphatic hydroxyl groups is 1. The van der Waals surface area contributed by atoms with Gasteiger partial charge in [0.25, 0.3) is 5.91 Å². The third-order valence-corrected chi connectivity index (χ3v) is 1.52. The quantitative estimate of drug-likeness (QED) is 0.694. The Bertz CT molecular complexity index is 299. The first kappa shape index (κ1) is 9.67. The fourth-order valence-corrected chi connectivity index (χ4v) is 0.929. The first-order valence-corrected chi connectivity index (χ1v) is 4.07. The molecule has 0 aliphatic rings. The van der Waals surface area contributed by atoms with E-state index in [0.29, 0.717) is 5.69 Å². The van der Waals surface area contributed by atoms with Gasteiger partial charge in [-0.3, -0.25) is 4.79 Å². The Morgan fingerprint density at radius 2 is 2.38 bits per heavy atom. The molecule has 0 unspecified atom stereocenters. The van der Waals surface area contributed by atoms with E-state index < -0.39 is 0 Å². The molecule has 0 aromatic carbocycles. The van der Waals surface area contributed by atoms with Crippen LogP contribution in [-0.2, 0) is 0 Å². The highest BCUT2D eigenvalue weighted by Crippen LogP contribution is 1.97. The molecule has 2 N–H and O–H groups in total. The van der Waals surface area contributed by atoms with Crippen molar-refractivity contribution in [3.05, 3.63) is 29.6 Å². The van der Waals surface area contributed by atoms with Gasteiger partial charge in [0.1, 0.15) is 5.69 Å². The Balaban J connectivity index is 2.66. The van der Waals surface area contributed by atoms with Crippen LogP contribution in [0.15, 0.2) is 18.2 Å². The van der Waals surface area contributed by atoms with Crippen molar-refractivity contribution in [3.8, 4) is 0 Å². The summed E-state index contributed by atoms with van der Waals surface area (Å²) in [6.45, 7) is 2.02. The molecule has 0 aliphatic carbocycles. The summed E-state index contributed by atoms with van der Waals surface area (Å²) in [5.74, 6) is -0.252. The van der Waals surface area contributed by atoms with Crippen LogP contribution in [0, 0.1) is 6.92 Å². The summed E-state index contributed by atoms with van der Waals surface area (Å²) in [5, 5.41) is 11.0. The second-order valence-electron chi connectivity index (χ2n) is 2.64. The molecule has 0 saturated heterocycles. The van der Waals surface area contributed by atoms with E-state index in [0.717, 1.165) is 5.69 Å². The van der Waals surface area contributed by atoms with Crippen LogP contribution < -0.4 is 5.32 Å². The number of carbonyl (C=O) groups is 1. The molecule has 0 saturated carbocycles. The lowest BCUT2D eigenvalue weighted by atomic mass is 10.3. The zero-order valence-corrected chi connectivity index (χ0v) is 7.45. The Morgan fingerprint density at radius 1 is 1.62 bits per heavy atom. The van der Waals surface area contributed by atoms with Gasteiger partial charge in [-0.05, 0) is 19.1 Å². The van der Waals surface area contributed by atoms with E-state index in [-0.39, 0.29) is 19.1 Å². The van der Waals surface area contributed by atoms with Crippen LogP contribution in [0.3, 0.4) is 0 Å². The van der Waals surface area contributed by atoms with Crippen molar-refractivity contribution in [2.45, 2.75) is 6.92 Å². The van der Waals surface area contributed by atoms with Crippen molar-refractivity contribution in [3.63, 3.8) is 0 Å². The van der Waals surface area contributed by atoms with Crippen LogP contribution in [0.5, 0.6) is 0 Å². The lowest BCUT2D eigenvalue weighted by molar-refractivity contribution is 0.0939. The minimum Gasteiger partial charge on any atom is -0.395 e. The largest absolute Gasteiger partial charge is 0.395 e. The van der Waals surface area contributed by atoms with Gasteiger partial charge in [0.05, 0.1) is 6.61 Å². The third-order valence-electron chi connectivity index (χ3n) is 1.52. The van der Waals surface area contributed by atoms with Crippen molar-refractivity contribution in [1.29, 1.82) is 0 Å². The van der Waals surface area contributed by atoms with Gasteiger partial charge in [0.2, 0.25) is 0 Å². The first-order chi connectivity index (χ1) is 6.24. The lowest BCUT2D eigenvalue weighted by Gasteiger charge is -2.02. The topological polar surface area (TPSA) is 62.2 Å². The van der Waals surface area contributed by atoms with E-state index in [2.05, 4.69) is 10.3 Å². The van der Waals surface area contributed by atoms with Gasteiger partial charge in [-0.1, -0.05) is 6.07 Å². The maximum absolute atomic E-state index is 11.3. The Labute approximate surface area is 76.6 Å². The van der Waals surface area contributed by atoms with Gasteiger partial charge >= 0.3 is 0 Å². The first-order valence-electron chi connectivity index (χ1n) is 4.07. The van der Waals surface area contributed by atoms with Gasteiger partial charge in [0, 0.05) is 12.2 Å². The normalized spacial score (nSPS) is 9.69. The van der Waals surface area contributed by atoms with Gasteiger partial charge in [-0.15, -0.1) is 0 Å². The summed E-state index contributed by atoms with van der Waals surface area (Å²) < 4.78 is 0. The number of hydrogen-bond donors (Lipinski definition) is 2. The van der Waals surface area contributed by atoms with Gasteiger partial charge in [-0.25, -0.2) is 4.98 Å². The maximum Gasteiger partial charge on any atom is 0.269 e. The predicted octanol–water partition coefficient (Wildman–Crippen LogP) is 0.112. The van der Waals surface area contributed by atoms with Gasteiger partial charge < -0.3 is 10.4 Å². The van der Waals surface area contributed by atoms with Crippen LogP contribution in [0.4, 0.5) is 0 Å². The highest BCUT2D eigenvalue weighted by atomic mass is 16.3. The molecule has 1 heterocycles. The predicted molar refractivity (Wildman–Crippen MR) is 48.4 cm³/mol. The second-order valence-corrected chi connectivity index (χ2v) is 2.64. The number of aliphatic hydroxyl groups excluding tert-OH is 1. The average molecular weight is 180 g/mol. The molecule has 4 heteroatoms. The highest BCUT2D eigenvalue weighted by Gasteiger charge is 2.04. The minimum absolute atomic E-state index is 0.0580. The molecular formula is C9H12N2O2. The van der Waals surface area contributed by atoms with Crippen LogP contribution in [0.1, 0.15) is 16.2 Å². The molecule has 0 radical (unpaired) electrons. The highest BCUT2D eigenvalue weighted by molar-refractivity contribution is 5.92. The summed E-state index contributed by atoms with van der Waals surface area (Å²) >= 11 is 0. The number of rotatable bonds is 3. The van der Waals surface area contributed by atoms with Gasteiger partial charge in [0.15, 0.2) is 0 Å². The zero-order valence-electron chi connectivity index (χ0n) is 7.45. The minimum atomic E-state index is -0.252. The Morgan fingerprint density at radius 3 is 3.00 bits per heavy atom. The molecule has 1 aromatic rings. The summed E-state index contributed by atoms with van der Waals surface area (Å²) in [6, 6.07) is 5.23. The molecule has 0 atom stereocenters. The number of nitrogens with zero attached hydrogens (tertiary/aromatic N) is 1. The SMILES string of the molecule is Cc1cccc(C(=O)NCCO)n1. The fraction of sp³-hybridized carbons (Fsp3) is 0.333. The lowest BCUT2D eigenvalue weighted by Crippen LogP contribution is -2.27. The number of amides is 1. The van der Waals surface area contributed by atoms with E-state index in [1.165, 1.54) is 0 Å². The number of nitrogens with one attached hydrogen (secondary N) is 1. The van der Waals surface area contributed by atoms with E-state index in [9.17, 15) is 4.79 Å². The zero-order chi connectivity index (χ0) is 9.68. The molecule has 1 amide bonds. The summed E-state index contributed by atoms with van der Waals surface area (Å²) in [7, 11) is 0. The van der Waals surface area contributed by atoms with Crippen molar-refractivity contribution < 1.29 is 9.90 Å². The van der Waals surface area contributed by atoms with Crippen LogP contribution >= 0.6 is 0 Å². The third kappa shape index (κ3) is 2.83. The van der Waals surface area contributed by atoms with Crippen LogP contribution in [0.25, 0.3) is 0 Å². The standard InChI is InChI=1S/C9H12N2O2/c1-7-3-2-4-8(11-7)9(13)10-5-6-12/h2-4,12H,5-6H2,1H3,(H,10,13). The molecule has 0 spiro atoms. The molecule has 13 heavy (non-hydrogen) atoms. The van der Waals surface area contributed by atoms with E-state index >= 15 is 0 Å². The number of carbonyl (C=O) groups excluding carboxylic acids is 1. The smallest absolute Gasteiger partial charge is 0.269 e. The molecule has 70 valence electrons. The number of aryl methyl sites for hydroxylation is 1. The molecule has 1 aromatic heterocycles. The number of pyridine rings is 1. The van der Waals surface area contributed by atoms with E-state index in [4.69, 9.17) is 5.11 Å². The molecule has 0 aliphatic heterocycles. The van der Waals surface area contributed by atoms with Crippen molar-refractivity contribution in [2.75, 3.05) is 13.2 Å². The van der Waals surface area contributed by atoms with Crippen LogP contribution in [0.2, 0.25) is 0 Å². The van der Waals surface area contributed by atoms with Gasteiger partial charge in [-0.2, -0.15) is 0 Å². The Kier molecular flexibility index (Phi) is 3.40. The Hall–Kier alpha value is -1.42. The molecule has 1 rings (SSSR count). The van der Waals surface area contributed by atoms with E-state index in [1.54, 1.807) is 12.1 Å². The van der Waals surface area contributed by atoms with Crippen molar-refractivity contribution in [2.24, 2.45) is 0 Å². The average Bonchev–Trinajstić information content (AvgIpc) is 2.14. The molecular weight excluding hydrogens is 168 g/mol. The fourth-order valence-electron chi connectivity index (χ4n) is 0.929. The summed E-state index contributed by atoms with van der Waals surface area (Å²) in [4.78, 5) is 15.3. The number of hydrogen-bond acceptors (Lipinski definition) is 3. The van der Waals surface area contributed by atoms with Crippen molar-refractivity contribution >= 4 is 5.91 Å². The van der Waals surface area contributed by atoms with Crippen molar-refractivity contribution in [1.82, 2.24) is 10.3 Å². The molecule has 0 fully saturated rings. The molecule has 0 bridgehead atoms. The molecule has 4 nitrogen and oxygen atoms in total. The second kappa shape index (κ2) is 4.57. The monoisotopic (exact) mass is 180 g/mol. The summed E-state index contributed by atoms with van der Waals surface area (Å²) in [5.41, 5.74) is 1.19.